The Morgan fingerprint density at radius 2 is 1.28 bits per heavy atom. The largest absolute Gasteiger partial charge is 0.504 e. The highest BCUT2D eigenvalue weighted by Crippen LogP contribution is 2.66. The van der Waals surface area contributed by atoms with Crippen molar-refractivity contribution in [2.24, 2.45) is 11.3 Å². The van der Waals surface area contributed by atoms with Crippen LogP contribution in [0.3, 0.4) is 0 Å². The number of phenolic OH excluding ortho intramolecular Hbond substituents is 4. The van der Waals surface area contributed by atoms with Crippen LogP contribution in [-0.4, -0.2) is 20.4 Å². The maximum absolute atomic E-state index is 14.4. The molecule has 2 aliphatic carbocycles. The molecule has 46 heavy (non-hydrogen) atoms. The van der Waals surface area contributed by atoms with E-state index in [1.54, 1.807) is 37.3 Å². The molecule has 0 aliphatic heterocycles. The van der Waals surface area contributed by atoms with Gasteiger partial charge in [-0.15, -0.1) is 0 Å². The monoisotopic (exact) mass is 616 g/mol. The number of aromatic hydroxyl groups is 4. The van der Waals surface area contributed by atoms with Crippen LogP contribution >= 0.6 is 0 Å². The third-order valence-electron chi connectivity index (χ3n) is 10.3. The van der Waals surface area contributed by atoms with Crippen LogP contribution in [0, 0.1) is 25.2 Å². The molecular formula is C38H32O8. The van der Waals surface area contributed by atoms with Crippen molar-refractivity contribution in [2.75, 3.05) is 0 Å². The van der Waals surface area contributed by atoms with Gasteiger partial charge < -0.3 is 29.3 Å². The molecule has 8 nitrogen and oxygen atoms in total. The number of allylic oxidation sites excluding steroid dienone is 2. The van der Waals surface area contributed by atoms with Crippen molar-refractivity contribution in [3.8, 4) is 23.0 Å². The molecule has 6 aromatic rings. The number of fused-ring (bicyclic) bond motifs is 8. The normalized spacial score (nSPS) is 20.4. The van der Waals surface area contributed by atoms with Gasteiger partial charge in [0.1, 0.15) is 11.2 Å². The van der Waals surface area contributed by atoms with Crippen molar-refractivity contribution in [3.05, 3.63) is 102 Å². The molecule has 0 radical (unpaired) electrons. The molecule has 0 saturated heterocycles. The van der Waals surface area contributed by atoms with Gasteiger partial charge in [-0.1, -0.05) is 49.8 Å². The highest BCUT2D eigenvalue weighted by Gasteiger charge is 2.53. The van der Waals surface area contributed by atoms with Gasteiger partial charge in [-0.3, -0.25) is 9.59 Å². The summed E-state index contributed by atoms with van der Waals surface area (Å²) in [6.45, 7) is 9.83. The minimum absolute atomic E-state index is 0.0623. The molecule has 2 heterocycles. The van der Waals surface area contributed by atoms with E-state index in [0.717, 1.165) is 5.57 Å². The molecule has 0 bridgehead atoms. The summed E-state index contributed by atoms with van der Waals surface area (Å²) < 4.78 is 12.4. The summed E-state index contributed by atoms with van der Waals surface area (Å²) in [7, 11) is 0. The van der Waals surface area contributed by atoms with E-state index in [9.17, 15) is 30.0 Å². The van der Waals surface area contributed by atoms with Gasteiger partial charge in [0.15, 0.2) is 22.7 Å². The second-order valence-corrected chi connectivity index (χ2v) is 13.7. The molecule has 4 N–H and O–H groups in total. The van der Waals surface area contributed by atoms with E-state index in [1.165, 1.54) is 6.07 Å². The van der Waals surface area contributed by atoms with Crippen molar-refractivity contribution in [1.29, 1.82) is 0 Å². The standard InChI is InChI=1S/C38H32O8/c1-15-12-21-23-26(32(43)33(44)37-27(23)30(41)19-11-7-9-17(3)35(19)46-37)24(28(21)38(4,5)14-15)20-13-22(39)31(42)36-25(20)29(40)18-10-6-8-16(2)34(18)45-36/h6-13,21,24,28,39,42-44H,14H2,1-5H3/t21-,24-,28-/m0/s1. The summed E-state index contributed by atoms with van der Waals surface area (Å²) in [6.07, 6.45) is 2.78. The zero-order valence-electron chi connectivity index (χ0n) is 26.0. The number of phenols is 4. The average Bonchev–Trinajstić information content (AvgIpc) is 3.34. The lowest BCUT2D eigenvalue weighted by Gasteiger charge is -2.43. The Labute approximate surface area is 262 Å². The SMILES string of the molecule is CC1=C[C@H]2c3c(c(O)c(O)c4oc5c(C)cccc5c(=O)c34)[C@H](c3cc(O)c(O)c4oc5c(C)cccc5c(=O)c34)[C@H]2C(C)(C)C1. The number of hydrogen-bond acceptors (Lipinski definition) is 8. The molecule has 8 heteroatoms. The van der Waals surface area contributed by atoms with Gasteiger partial charge in [-0.25, -0.2) is 0 Å². The molecule has 2 aromatic heterocycles. The molecular weight excluding hydrogens is 584 g/mol. The van der Waals surface area contributed by atoms with Crippen LogP contribution in [-0.2, 0) is 0 Å². The Kier molecular flexibility index (Phi) is 5.62. The molecule has 3 atom stereocenters. The van der Waals surface area contributed by atoms with Crippen LogP contribution in [0.1, 0.15) is 66.8 Å². The molecule has 0 amide bonds. The predicted octanol–water partition coefficient (Wildman–Crippen LogP) is 7.87. The molecule has 4 aromatic carbocycles. The van der Waals surface area contributed by atoms with Crippen molar-refractivity contribution < 1.29 is 29.3 Å². The molecule has 8 rings (SSSR count). The van der Waals surface area contributed by atoms with E-state index >= 15 is 0 Å². The number of benzene rings is 4. The second-order valence-electron chi connectivity index (χ2n) is 13.7. The Balaban J connectivity index is 1.59. The fraction of sp³-hybridized carbons (Fsp3) is 0.263. The highest BCUT2D eigenvalue weighted by molar-refractivity contribution is 6.01. The van der Waals surface area contributed by atoms with Crippen molar-refractivity contribution >= 4 is 43.9 Å². The third kappa shape index (κ3) is 3.49. The van der Waals surface area contributed by atoms with E-state index in [1.807, 2.05) is 19.9 Å². The lowest BCUT2D eigenvalue weighted by Crippen LogP contribution is -2.33. The lowest BCUT2D eigenvalue weighted by molar-refractivity contribution is 0.173. The Morgan fingerprint density at radius 3 is 1.89 bits per heavy atom. The topological polar surface area (TPSA) is 141 Å². The molecule has 0 unspecified atom stereocenters. The van der Waals surface area contributed by atoms with Crippen LogP contribution in [0.25, 0.3) is 43.9 Å². The number of para-hydroxylation sites is 2. The summed E-state index contributed by atoms with van der Waals surface area (Å²) in [5, 5.41) is 46.4. The van der Waals surface area contributed by atoms with E-state index in [2.05, 4.69) is 19.9 Å². The summed E-state index contributed by atoms with van der Waals surface area (Å²) >= 11 is 0. The maximum atomic E-state index is 14.4. The number of rotatable bonds is 1. The Morgan fingerprint density at radius 1 is 0.717 bits per heavy atom. The van der Waals surface area contributed by atoms with E-state index in [0.29, 0.717) is 50.6 Å². The zero-order valence-corrected chi connectivity index (χ0v) is 26.0. The quantitative estimate of drug-likeness (QED) is 0.0831. The van der Waals surface area contributed by atoms with Crippen LogP contribution in [0.15, 0.2) is 72.5 Å². The van der Waals surface area contributed by atoms with Gasteiger partial charge in [0.25, 0.3) is 0 Å². The van der Waals surface area contributed by atoms with Crippen molar-refractivity contribution in [3.63, 3.8) is 0 Å². The Bertz CT molecular complexity index is 2510. The van der Waals surface area contributed by atoms with Crippen LogP contribution < -0.4 is 10.9 Å². The zero-order chi connectivity index (χ0) is 32.6. The fourth-order valence-corrected chi connectivity index (χ4v) is 8.60. The second kappa shape index (κ2) is 9.16. The van der Waals surface area contributed by atoms with Gasteiger partial charge in [0, 0.05) is 17.4 Å². The first-order chi connectivity index (χ1) is 21.8. The Hall–Kier alpha value is -5.24. The highest BCUT2D eigenvalue weighted by atomic mass is 16.4. The predicted molar refractivity (Wildman–Crippen MR) is 176 cm³/mol. The van der Waals surface area contributed by atoms with Gasteiger partial charge in [0.05, 0.1) is 21.5 Å². The molecule has 0 saturated carbocycles. The van der Waals surface area contributed by atoms with E-state index in [-0.39, 0.29) is 38.8 Å². The molecule has 0 spiro atoms. The summed E-state index contributed by atoms with van der Waals surface area (Å²) in [4.78, 5) is 28.7. The maximum Gasteiger partial charge on any atom is 0.202 e. The minimum atomic E-state index is -0.790. The first-order valence-electron chi connectivity index (χ1n) is 15.3. The lowest BCUT2D eigenvalue weighted by atomic mass is 9.61. The van der Waals surface area contributed by atoms with Gasteiger partial charge in [0.2, 0.25) is 22.4 Å². The fourth-order valence-electron chi connectivity index (χ4n) is 8.60. The van der Waals surface area contributed by atoms with Crippen molar-refractivity contribution in [2.45, 2.75) is 52.9 Å². The van der Waals surface area contributed by atoms with Gasteiger partial charge in [-0.2, -0.15) is 0 Å². The molecule has 232 valence electrons. The minimum Gasteiger partial charge on any atom is -0.504 e. The van der Waals surface area contributed by atoms with Gasteiger partial charge >= 0.3 is 0 Å². The first kappa shape index (κ1) is 28.2. The van der Waals surface area contributed by atoms with Crippen LogP contribution in [0.2, 0.25) is 0 Å². The van der Waals surface area contributed by atoms with E-state index < -0.39 is 45.7 Å². The van der Waals surface area contributed by atoms with E-state index in [4.69, 9.17) is 8.83 Å². The van der Waals surface area contributed by atoms with Crippen molar-refractivity contribution in [1.82, 2.24) is 0 Å². The smallest absolute Gasteiger partial charge is 0.202 e. The average molecular weight is 617 g/mol. The van der Waals surface area contributed by atoms with Gasteiger partial charge in [-0.05, 0) is 79.0 Å². The number of hydrogen-bond donors (Lipinski definition) is 4. The van der Waals surface area contributed by atoms with Crippen LogP contribution in [0.4, 0.5) is 0 Å². The third-order valence-corrected chi connectivity index (χ3v) is 10.3. The molecule has 0 fully saturated rings. The summed E-state index contributed by atoms with van der Waals surface area (Å²) in [5.41, 5.74) is 2.79. The van der Waals surface area contributed by atoms with Crippen LogP contribution in [0.5, 0.6) is 23.0 Å². The first-order valence-corrected chi connectivity index (χ1v) is 15.3. The summed E-state index contributed by atoms with van der Waals surface area (Å²) in [6, 6.07) is 11.8. The summed E-state index contributed by atoms with van der Waals surface area (Å²) in [5.74, 6) is -3.63. The molecule has 2 aliphatic rings. The number of aryl methyl sites for hydroxylation is 2.